The first-order chi connectivity index (χ1) is 14.8. The molecule has 0 spiro atoms. The van der Waals surface area contributed by atoms with E-state index >= 15 is 0 Å². The van der Waals surface area contributed by atoms with Crippen molar-refractivity contribution >= 4 is 40.1 Å². The van der Waals surface area contributed by atoms with Crippen LogP contribution in [0.1, 0.15) is 21.3 Å². The predicted molar refractivity (Wildman–Crippen MR) is 122 cm³/mol. The summed E-state index contributed by atoms with van der Waals surface area (Å²) in [7, 11) is 0. The van der Waals surface area contributed by atoms with Gasteiger partial charge in [-0.1, -0.05) is 35.9 Å². The van der Waals surface area contributed by atoms with E-state index in [4.69, 9.17) is 16.6 Å². The molecule has 2 aromatic carbocycles. The molecule has 0 aliphatic rings. The molecule has 0 N–H and O–H groups in total. The molecule has 3 nitrogen and oxygen atoms in total. The van der Waals surface area contributed by atoms with Gasteiger partial charge in [0, 0.05) is 22.6 Å². The number of rotatable bonds is 6. The van der Waals surface area contributed by atoms with Gasteiger partial charge in [-0.25, -0.2) is 18.7 Å². The lowest BCUT2D eigenvalue weighted by molar-refractivity contribution is -0.117. The second-order valence-corrected chi connectivity index (χ2v) is 9.70. The van der Waals surface area contributed by atoms with E-state index in [-0.39, 0.29) is 24.2 Å². The van der Waals surface area contributed by atoms with Crippen molar-refractivity contribution in [2.75, 3.05) is 0 Å². The Hall–Kier alpha value is -2.48. The van der Waals surface area contributed by atoms with Gasteiger partial charge in [-0.3, -0.25) is 4.79 Å². The van der Waals surface area contributed by atoms with Gasteiger partial charge >= 0.3 is 0 Å². The van der Waals surface area contributed by atoms with Crippen LogP contribution in [0.25, 0.3) is 21.0 Å². The lowest BCUT2D eigenvalue weighted by atomic mass is 10.1. The molecule has 0 amide bonds. The van der Waals surface area contributed by atoms with Crippen LogP contribution in [-0.2, 0) is 17.6 Å². The van der Waals surface area contributed by atoms with Gasteiger partial charge in [0.2, 0.25) is 0 Å². The molecular weight excluding hydrogens is 458 g/mol. The monoisotopic (exact) mass is 474 g/mol. The number of Topliss-reactive ketones (excluding diaryl/α,β-unsaturated/α-hetero) is 1. The zero-order valence-corrected chi connectivity index (χ0v) is 19.1. The first-order valence-corrected chi connectivity index (χ1v) is 11.5. The summed E-state index contributed by atoms with van der Waals surface area (Å²) in [5, 5.41) is 2.06. The number of ketones is 1. The van der Waals surface area contributed by atoms with E-state index in [1.807, 2.05) is 32.0 Å². The van der Waals surface area contributed by atoms with Crippen LogP contribution in [0.15, 0.2) is 42.5 Å². The minimum absolute atomic E-state index is 0.0211. The summed E-state index contributed by atoms with van der Waals surface area (Å²) >= 11 is 9.33. The summed E-state index contributed by atoms with van der Waals surface area (Å²) in [5.74, 6) is -1.76. The molecule has 0 atom stereocenters. The van der Waals surface area contributed by atoms with Gasteiger partial charge < -0.3 is 0 Å². The van der Waals surface area contributed by atoms with E-state index < -0.39 is 11.6 Å². The largest absolute Gasteiger partial charge is 0.299 e. The third-order valence-electron chi connectivity index (χ3n) is 4.69. The molecule has 4 rings (SSSR count). The van der Waals surface area contributed by atoms with Crippen LogP contribution in [0.4, 0.5) is 8.78 Å². The van der Waals surface area contributed by atoms with E-state index in [2.05, 4.69) is 4.98 Å². The van der Waals surface area contributed by atoms with Gasteiger partial charge in [0.05, 0.1) is 26.9 Å². The van der Waals surface area contributed by atoms with Crippen LogP contribution in [0.2, 0.25) is 5.02 Å². The molecule has 0 aliphatic carbocycles. The van der Waals surface area contributed by atoms with Crippen LogP contribution in [0.5, 0.6) is 0 Å². The SMILES string of the molecule is Cc1nc(C)c(-c2nc(CC(=O)Cc3c(F)cccc3F)sc2-c2ccccc2Cl)s1. The third kappa shape index (κ3) is 4.59. The minimum Gasteiger partial charge on any atom is -0.299 e. The van der Waals surface area contributed by atoms with Crippen molar-refractivity contribution in [3.8, 4) is 21.0 Å². The van der Waals surface area contributed by atoms with Crippen LogP contribution in [0.3, 0.4) is 0 Å². The van der Waals surface area contributed by atoms with Crippen LogP contribution in [-0.4, -0.2) is 15.8 Å². The average molecular weight is 475 g/mol. The number of halogens is 3. The van der Waals surface area contributed by atoms with E-state index in [9.17, 15) is 13.6 Å². The van der Waals surface area contributed by atoms with E-state index in [0.29, 0.717) is 10.0 Å². The van der Waals surface area contributed by atoms with Gasteiger partial charge in [0.1, 0.15) is 28.1 Å². The minimum atomic E-state index is -0.722. The van der Waals surface area contributed by atoms with Crippen molar-refractivity contribution in [2.24, 2.45) is 0 Å². The molecule has 0 fully saturated rings. The Morgan fingerprint density at radius 1 is 0.935 bits per heavy atom. The summed E-state index contributed by atoms with van der Waals surface area (Å²) in [6, 6.07) is 11.0. The van der Waals surface area contributed by atoms with Crippen molar-refractivity contribution in [3.05, 3.63) is 80.4 Å². The van der Waals surface area contributed by atoms with Gasteiger partial charge in [0.25, 0.3) is 0 Å². The highest BCUT2D eigenvalue weighted by atomic mass is 35.5. The highest BCUT2D eigenvalue weighted by molar-refractivity contribution is 7.18. The molecule has 8 heteroatoms. The number of benzene rings is 2. The Labute approximate surface area is 191 Å². The van der Waals surface area contributed by atoms with Crippen LogP contribution in [0, 0.1) is 25.5 Å². The van der Waals surface area contributed by atoms with Crippen molar-refractivity contribution in [3.63, 3.8) is 0 Å². The maximum Gasteiger partial charge on any atom is 0.144 e. The van der Waals surface area contributed by atoms with Gasteiger partial charge in [-0.15, -0.1) is 22.7 Å². The fourth-order valence-corrected chi connectivity index (χ4v) is 5.71. The number of aromatic nitrogens is 2. The number of carbonyl (C=O) groups is 1. The Morgan fingerprint density at radius 3 is 2.29 bits per heavy atom. The maximum absolute atomic E-state index is 13.9. The average Bonchev–Trinajstić information content (AvgIpc) is 3.27. The van der Waals surface area contributed by atoms with Crippen LogP contribution < -0.4 is 0 Å². The smallest absolute Gasteiger partial charge is 0.144 e. The van der Waals surface area contributed by atoms with Crippen molar-refractivity contribution < 1.29 is 13.6 Å². The summed E-state index contributed by atoms with van der Waals surface area (Å²) < 4.78 is 27.9. The first-order valence-electron chi connectivity index (χ1n) is 9.47. The molecule has 2 heterocycles. The summed E-state index contributed by atoms with van der Waals surface area (Å²) in [4.78, 5) is 23.6. The fraction of sp³-hybridized carbons (Fsp3) is 0.174. The van der Waals surface area contributed by atoms with E-state index in [1.54, 1.807) is 6.07 Å². The standard InChI is InChI=1S/C23H17ClF2N2OS2/c1-12-22(30-13(2)27-12)21-23(15-6-3-4-7-17(15)24)31-20(28-21)11-14(29)10-16-18(25)8-5-9-19(16)26/h3-9H,10-11H2,1-2H3. The topological polar surface area (TPSA) is 42.9 Å². The van der Waals surface area contributed by atoms with Crippen molar-refractivity contribution in [1.29, 1.82) is 0 Å². The molecule has 31 heavy (non-hydrogen) atoms. The number of hydrogen-bond donors (Lipinski definition) is 0. The molecule has 0 radical (unpaired) electrons. The van der Waals surface area contributed by atoms with Gasteiger partial charge in [-0.2, -0.15) is 0 Å². The number of hydrogen-bond acceptors (Lipinski definition) is 5. The lowest BCUT2D eigenvalue weighted by Gasteiger charge is -2.03. The molecule has 0 bridgehead atoms. The second-order valence-electron chi connectivity index (χ2n) is 7.01. The summed E-state index contributed by atoms with van der Waals surface area (Å²) in [6.45, 7) is 3.84. The summed E-state index contributed by atoms with van der Waals surface area (Å²) in [6.07, 6.45) is -0.347. The molecule has 158 valence electrons. The quantitative estimate of drug-likeness (QED) is 0.307. The Bertz CT molecular complexity index is 1260. The highest BCUT2D eigenvalue weighted by Crippen LogP contribution is 2.43. The fourth-order valence-electron chi connectivity index (χ4n) is 3.30. The number of thiazole rings is 2. The van der Waals surface area contributed by atoms with E-state index in [0.717, 1.165) is 43.8 Å². The zero-order chi connectivity index (χ0) is 22.1. The molecule has 0 aliphatic heterocycles. The predicted octanol–water partition coefficient (Wildman–Crippen LogP) is 6.84. The second kappa shape index (κ2) is 8.94. The van der Waals surface area contributed by atoms with E-state index in [1.165, 1.54) is 28.7 Å². The Kier molecular flexibility index (Phi) is 6.27. The zero-order valence-electron chi connectivity index (χ0n) is 16.7. The summed E-state index contributed by atoms with van der Waals surface area (Å²) in [5.41, 5.74) is 2.18. The molecule has 0 unspecified atom stereocenters. The number of carbonyl (C=O) groups excluding carboxylic acids is 1. The van der Waals surface area contributed by atoms with Gasteiger partial charge in [0.15, 0.2) is 0 Å². The van der Waals surface area contributed by atoms with Crippen molar-refractivity contribution in [2.45, 2.75) is 26.7 Å². The molecule has 0 saturated heterocycles. The number of nitrogens with zero attached hydrogens (tertiary/aromatic N) is 2. The van der Waals surface area contributed by atoms with Gasteiger partial charge in [-0.05, 0) is 32.0 Å². The first kappa shape index (κ1) is 21.7. The number of aryl methyl sites for hydroxylation is 2. The molecule has 2 aromatic heterocycles. The molecular formula is C23H17ClF2N2OS2. The van der Waals surface area contributed by atoms with Crippen LogP contribution >= 0.6 is 34.3 Å². The third-order valence-corrected chi connectivity index (χ3v) is 7.19. The van der Waals surface area contributed by atoms with Crippen molar-refractivity contribution in [1.82, 2.24) is 9.97 Å². The molecule has 4 aromatic rings. The Morgan fingerprint density at radius 2 is 1.65 bits per heavy atom. The molecule has 0 saturated carbocycles. The highest BCUT2D eigenvalue weighted by Gasteiger charge is 2.22. The maximum atomic E-state index is 13.9. The normalized spacial score (nSPS) is 11.1. The Balaban J connectivity index is 1.71. The lowest BCUT2D eigenvalue weighted by Crippen LogP contribution is -2.09.